The molecule has 0 spiro atoms. The van der Waals surface area contributed by atoms with Crippen LogP contribution < -0.4 is 14.8 Å². The summed E-state index contributed by atoms with van der Waals surface area (Å²) in [4.78, 5) is 23.3. The Morgan fingerprint density at radius 2 is 1.71 bits per heavy atom. The molecular weight excluding hydrogens is 384 g/mol. The zero-order valence-corrected chi connectivity index (χ0v) is 15.5. The third kappa shape index (κ3) is 4.39. The number of nitro benzene ring substituents is 1. The van der Waals surface area contributed by atoms with Crippen LogP contribution in [0.2, 0.25) is 5.02 Å². The molecule has 0 aliphatic rings. The molecule has 7 nitrogen and oxygen atoms in total. The Hall–Kier alpha value is -3.58. The summed E-state index contributed by atoms with van der Waals surface area (Å²) >= 11 is 6.07. The van der Waals surface area contributed by atoms with Crippen LogP contribution >= 0.6 is 11.6 Å². The largest absolute Gasteiger partial charge is 0.497 e. The van der Waals surface area contributed by atoms with Gasteiger partial charge in [-0.3, -0.25) is 14.9 Å². The maximum Gasteiger partial charge on any atom is 0.270 e. The molecule has 0 aliphatic heterocycles. The Labute approximate surface area is 165 Å². The van der Waals surface area contributed by atoms with Crippen LogP contribution in [0.3, 0.4) is 0 Å². The van der Waals surface area contributed by atoms with Crippen molar-refractivity contribution in [2.24, 2.45) is 0 Å². The first-order valence-corrected chi connectivity index (χ1v) is 8.52. The van der Waals surface area contributed by atoms with Crippen molar-refractivity contribution in [3.63, 3.8) is 0 Å². The van der Waals surface area contributed by atoms with Gasteiger partial charge in [-0.1, -0.05) is 23.7 Å². The second-order valence-electron chi connectivity index (χ2n) is 5.65. The summed E-state index contributed by atoms with van der Waals surface area (Å²) in [5, 5.41) is 14.1. The highest BCUT2D eigenvalue weighted by molar-refractivity contribution is 6.33. The van der Waals surface area contributed by atoms with Gasteiger partial charge in [-0.2, -0.15) is 0 Å². The number of non-ortho nitro benzene ring substituents is 1. The maximum atomic E-state index is 12.8. The topological polar surface area (TPSA) is 90.7 Å². The zero-order valence-electron chi connectivity index (χ0n) is 14.7. The monoisotopic (exact) mass is 398 g/mol. The molecule has 0 saturated heterocycles. The second-order valence-corrected chi connectivity index (χ2v) is 6.06. The van der Waals surface area contributed by atoms with Gasteiger partial charge in [-0.15, -0.1) is 0 Å². The van der Waals surface area contributed by atoms with Gasteiger partial charge in [0.2, 0.25) is 0 Å². The molecule has 3 aromatic carbocycles. The van der Waals surface area contributed by atoms with Crippen molar-refractivity contribution in [1.82, 2.24) is 0 Å². The highest BCUT2D eigenvalue weighted by Crippen LogP contribution is 2.31. The van der Waals surface area contributed by atoms with Crippen LogP contribution in [0.4, 0.5) is 11.4 Å². The van der Waals surface area contributed by atoms with Crippen molar-refractivity contribution in [3.05, 3.63) is 87.4 Å². The number of ether oxygens (including phenoxy) is 2. The predicted octanol–water partition coefficient (Wildman–Crippen LogP) is 5.30. The molecule has 8 heteroatoms. The Bertz CT molecular complexity index is 1020. The molecule has 28 heavy (non-hydrogen) atoms. The summed E-state index contributed by atoms with van der Waals surface area (Å²) in [6.45, 7) is 0. The van der Waals surface area contributed by atoms with Crippen molar-refractivity contribution in [3.8, 4) is 17.2 Å². The van der Waals surface area contributed by atoms with Gasteiger partial charge in [0, 0.05) is 12.1 Å². The Kier molecular flexibility index (Phi) is 5.76. The third-order valence-electron chi connectivity index (χ3n) is 3.83. The van der Waals surface area contributed by atoms with Crippen LogP contribution in [0, 0.1) is 10.1 Å². The number of anilines is 1. The molecule has 0 unspecified atom stereocenters. The molecule has 0 fully saturated rings. The van der Waals surface area contributed by atoms with Gasteiger partial charge in [0.15, 0.2) is 0 Å². The molecule has 1 N–H and O–H groups in total. The molecule has 0 bridgehead atoms. The van der Waals surface area contributed by atoms with Gasteiger partial charge < -0.3 is 14.8 Å². The number of carbonyl (C=O) groups excluding carboxylic acids is 1. The number of methoxy groups -OCH3 is 1. The fourth-order valence-corrected chi connectivity index (χ4v) is 2.60. The van der Waals surface area contributed by atoms with Crippen molar-refractivity contribution < 1.29 is 19.2 Å². The van der Waals surface area contributed by atoms with Gasteiger partial charge in [0.25, 0.3) is 11.6 Å². The van der Waals surface area contributed by atoms with Crippen LogP contribution in [0.1, 0.15) is 10.4 Å². The van der Waals surface area contributed by atoms with E-state index >= 15 is 0 Å². The fraction of sp³-hybridized carbons (Fsp3) is 0.0500. The molecule has 3 aromatic rings. The lowest BCUT2D eigenvalue weighted by Crippen LogP contribution is -2.13. The number of nitrogens with zero attached hydrogens (tertiary/aromatic N) is 1. The van der Waals surface area contributed by atoms with Crippen molar-refractivity contribution >= 4 is 28.9 Å². The minimum Gasteiger partial charge on any atom is -0.497 e. The Balaban J connectivity index is 1.94. The van der Waals surface area contributed by atoms with E-state index in [0.29, 0.717) is 22.2 Å². The number of benzene rings is 3. The van der Waals surface area contributed by atoms with Gasteiger partial charge in [-0.05, 0) is 42.5 Å². The number of hydrogen-bond donors (Lipinski definition) is 1. The van der Waals surface area contributed by atoms with Gasteiger partial charge in [-0.25, -0.2) is 0 Å². The van der Waals surface area contributed by atoms with Crippen molar-refractivity contribution in [2.75, 3.05) is 12.4 Å². The molecule has 0 atom stereocenters. The highest BCUT2D eigenvalue weighted by Gasteiger charge is 2.19. The minimum absolute atomic E-state index is 0.00457. The van der Waals surface area contributed by atoms with Crippen LogP contribution in [-0.4, -0.2) is 17.9 Å². The van der Waals surface area contributed by atoms with Crippen molar-refractivity contribution in [2.45, 2.75) is 0 Å². The Morgan fingerprint density at radius 1 is 1.04 bits per heavy atom. The van der Waals surface area contributed by atoms with E-state index in [1.54, 1.807) is 55.6 Å². The number of halogens is 1. The fourth-order valence-electron chi connectivity index (χ4n) is 2.42. The van der Waals surface area contributed by atoms with E-state index in [9.17, 15) is 14.9 Å². The molecule has 3 rings (SSSR count). The number of para-hydroxylation sites is 1. The van der Waals surface area contributed by atoms with E-state index < -0.39 is 10.8 Å². The first kappa shape index (κ1) is 19.2. The van der Waals surface area contributed by atoms with Crippen LogP contribution in [0.15, 0.2) is 66.7 Å². The lowest BCUT2D eigenvalue weighted by atomic mass is 10.1. The summed E-state index contributed by atoms with van der Waals surface area (Å²) < 4.78 is 10.9. The lowest BCUT2D eigenvalue weighted by Gasteiger charge is -2.12. The van der Waals surface area contributed by atoms with E-state index in [1.165, 1.54) is 12.1 Å². The second kappa shape index (κ2) is 8.41. The average molecular weight is 399 g/mol. The molecule has 0 saturated carbocycles. The van der Waals surface area contributed by atoms with E-state index in [2.05, 4.69) is 5.32 Å². The van der Waals surface area contributed by atoms with E-state index in [0.717, 1.165) is 6.07 Å². The zero-order chi connectivity index (χ0) is 20.1. The molecule has 0 aliphatic carbocycles. The maximum absolute atomic E-state index is 12.8. The highest BCUT2D eigenvalue weighted by atomic mass is 35.5. The summed E-state index contributed by atoms with van der Waals surface area (Å²) in [6.07, 6.45) is 0. The number of carbonyl (C=O) groups is 1. The van der Waals surface area contributed by atoms with Crippen LogP contribution in [-0.2, 0) is 0 Å². The number of nitrogens with one attached hydrogen (secondary N) is 1. The quantitative estimate of drug-likeness (QED) is 0.449. The summed E-state index contributed by atoms with van der Waals surface area (Å²) in [5.74, 6) is 0.676. The molecule has 0 heterocycles. The molecular formula is C20H15ClN2O5. The van der Waals surface area contributed by atoms with Gasteiger partial charge in [0.1, 0.15) is 17.2 Å². The molecule has 142 valence electrons. The SMILES string of the molecule is COc1ccc(Oc2ccc([N+](=O)[O-])cc2C(=O)Nc2ccccc2Cl)cc1. The summed E-state index contributed by atoms with van der Waals surface area (Å²) in [6, 6.07) is 17.2. The first-order valence-electron chi connectivity index (χ1n) is 8.14. The van der Waals surface area contributed by atoms with Crippen LogP contribution in [0.25, 0.3) is 0 Å². The van der Waals surface area contributed by atoms with Crippen molar-refractivity contribution in [1.29, 1.82) is 0 Å². The number of nitro groups is 1. The Morgan fingerprint density at radius 3 is 2.36 bits per heavy atom. The number of rotatable bonds is 6. The smallest absolute Gasteiger partial charge is 0.270 e. The molecule has 1 amide bonds. The average Bonchev–Trinajstić information content (AvgIpc) is 2.70. The van der Waals surface area contributed by atoms with E-state index in [-0.39, 0.29) is 17.0 Å². The standard InChI is InChI=1S/C20H15ClN2O5/c1-27-14-7-9-15(10-8-14)28-19-11-6-13(23(25)26)12-16(19)20(24)22-18-5-3-2-4-17(18)21/h2-12H,1H3,(H,22,24). The van der Waals surface area contributed by atoms with Gasteiger partial charge in [0.05, 0.1) is 28.3 Å². The minimum atomic E-state index is -0.583. The van der Waals surface area contributed by atoms with E-state index in [4.69, 9.17) is 21.1 Å². The molecule has 0 radical (unpaired) electrons. The summed E-state index contributed by atoms with van der Waals surface area (Å²) in [7, 11) is 1.54. The number of hydrogen-bond acceptors (Lipinski definition) is 5. The number of amides is 1. The normalized spacial score (nSPS) is 10.2. The van der Waals surface area contributed by atoms with Crippen LogP contribution in [0.5, 0.6) is 17.2 Å². The van der Waals surface area contributed by atoms with Gasteiger partial charge >= 0.3 is 0 Å². The lowest BCUT2D eigenvalue weighted by molar-refractivity contribution is -0.384. The summed E-state index contributed by atoms with van der Waals surface area (Å²) in [5.41, 5.74) is 0.160. The van der Waals surface area contributed by atoms with E-state index in [1.807, 2.05) is 0 Å². The predicted molar refractivity (Wildman–Crippen MR) is 106 cm³/mol. The third-order valence-corrected chi connectivity index (χ3v) is 4.16. The first-order chi connectivity index (χ1) is 13.5. The molecule has 0 aromatic heterocycles.